The molecular formula is C23H47NO3. The molecule has 0 spiro atoms. The minimum atomic E-state index is -0.160. The molecule has 0 fully saturated rings. The van der Waals surface area contributed by atoms with E-state index in [2.05, 4.69) is 6.92 Å². The number of carbonyl (C=O) groups is 1. The molecule has 0 aromatic heterocycles. The summed E-state index contributed by atoms with van der Waals surface area (Å²) in [6, 6.07) is 0. The minimum absolute atomic E-state index is 0.160. The minimum Gasteiger partial charge on any atom is -0.465 e. The molecule has 0 aliphatic rings. The largest absolute Gasteiger partial charge is 0.465 e. The van der Waals surface area contributed by atoms with E-state index in [0.29, 0.717) is 19.8 Å². The summed E-state index contributed by atoms with van der Waals surface area (Å²) in [5.41, 5.74) is 0. The van der Waals surface area contributed by atoms with Crippen LogP contribution in [-0.4, -0.2) is 51.3 Å². The number of hydrogen-bond donors (Lipinski definition) is 0. The van der Waals surface area contributed by atoms with Gasteiger partial charge < -0.3 is 9.47 Å². The molecule has 4 heteroatoms. The van der Waals surface area contributed by atoms with Gasteiger partial charge in [0.25, 0.3) is 0 Å². The van der Waals surface area contributed by atoms with Crippen LogP contribution in [0.2, 0.25) is 0 Å². The summed E-state index contributed by atoms with van der Waals surface area (Å²) in [6.45, 7) is 4.62. The van der Waals surface area contributed by atoms with E-state index < -0.39 is 0 Å². The monoisotopic (exact) mass is 385 g/mol. The second-order valence-corrected chi connectivity index (χ2v) is 8.02. The lowest BCUT2D eigenvalue weighted by Crippen LogP contribution is -2.24. The number of nitrogens with zero attached hydrogens (tertiary/aromatic N) is 1. The summed E-state index contributed by atoms with van der Waals surface area (Å²) in [5.74, 6) is -0.160. The first-order valence-corrected chi connectivity index (χ1v) is 11.5. The van der Waals surface area contributed by atoms with Crippen molar-refractivity contribution < 1.29 is 14.3 Å². The van der Waals surface area contributed by atoms with E-state index in [4.69, 9.17) is 9.47 Å². The van der Waals surface area contributed by atoms with Gasteiger partial charge >= 0.3 is 5.97 Å². The van der Waals surface area contributed by atoms with E-state index in [1.54, 1.807) is 0 Å². The van der Waals surface area contributed by atoms with Crippen LogP contribution in [0.5, 0.6) is 0 Å². The second-order valence-electron chi connectivity index (χ2n) is 8.02. The Morgan fingerprint density at radius 2 is 1.07 bits per heavy atom. The SMILES string of the molecule is CCCCCCCCCCCCCCCCOCCCOC(=O)CN(C)C. The van der Waals surface area contributed by atoms with Crippen LogP contribution in [0, 0.1) is 0 Å². The smallest absolute Gasteiger partial charge is 0.320 e. The average Bonchev–Trinajstić information content (AvgIpc) is 2.63. The molecule has 0 saturated heterocycles. The summed E-state index contributed by atoms with van der Waals surface area (Å²) in [4.78, 5) is 13.1. The maximum Gasteiger partial charge on any atom is 0.320 e. The van der Waals surface area contributed by atoms with E-state index >= 15 is 0 Å². The zero-order valence-electron chi connectivity index (χ0n) is 18.6. The third-order valence-electron chi connectivity index (χ3n) is 4.78. The fourth-order valence-electron chi connectivity index (χ4n) is 3.15. The van der Waals surface area contributed by atoms with Crippen molar-refractivity contribution in [3.63, 3.8) is 0 Å². The average molecular weight is 386 g/mol. The molecule has 0 aliphatic carbocycles. The van der Waals surface area contributed by atoms with Crippen LogP contribution in [0.1, 0.15) is 103 Å². The molecule has 27 heavy (non-hydrogen) atoms. The predicted octanol–water partition coefficient (Wildman–Crippen LogP) is 5.98. The zero-order valence-corrected chi connectivity index (χ0v) is 18.6. The molecule has 162 valence electrons. The van der Waals surface area contributed by atoms with Crippen molar-refractivity contribution in [3.8, 4) is 0 Å². The summed E-state index contributed by atoms with van der Waals surface area (Å²) in [7, 11) is 3.72. The molecule has 0 heterocycles. The fourth-order valence-corrected chi connectivity index (χ4v) is 3.15. The molecule has 0 radical (unpaired) electrons. The molecule has 0 unspecified atom stereocenters. The van der Waals surface area contributed by atoms with Crippen molar-refractivity contribution in [2.75, 3.05) is 40.5 Å². The Bertz CT molecular complexity index is 308. The van der Waals surface area contributed by atoms with Crippen molar-refractivity contribution in [2.24, 2.45) is 0 Å². The van der Waals surface area contributed by atoms with E-state index in [1.807, 2.05) is 19.0 Å². The van der Waals surface area contributed by atoms with Gasteiger partial charge in [0.2, 0.25) is 0 Å². The first-order valence-electron chi connectivity index (χ1n) is 11.5. The summed E-state index contributed by atoms with van der Waals surface area (Å²) in [5, 5.41) is 0. The Morgan fingerprint density at radius 3 is 1.56 bits per heavy atom. The van der Waals surface area contributed by atoms with Gasteiger partial charge in [-0.2, -0.15) is 0 Å². The van der Waals surface area contributed by atoms with Gasteiger partial charge in [-0.3, -0.25) is 9.69 Å². The van der Waals surface area contributed by atoms with Gasteiger partial charge in [0.15, 0.2) is 0 Å². The summed E-state index contributed by atoms with van der Waals surface area (Å²) in [6.07, 6.45) is 20.1. The van der Waals surface area contributed by atoms with Crippen LogP contribution in [0.25, 0.3) is 0 Å². The molecule has 0 aromatic carbocycles. The lowest BCUT2D eigenvalue weighted by Gasteiger charge is -2.09. The first kappa shape index (κ1) is 26.4. The van der Waals surface area contributed by atoms with Crippen LogP contribution < -0.4 is 0 Å². The quantitative estimate of drug-likeness (QED) is 0.180. The highest BCUT2D eigenvalue weighted by atomic mass is 16.5. The standard InChI is InChI=1S/C23H47NO3/c1-4-5-6-7-8-9-10-11-12-13-14-15-16-17-19-26-20-18-21-27-23(25)22-24(2)3/h4-22H2,1-3H3. The zero-order chi connectivity index (χ0) is 20.0. The molecule has 0 amide bonds. The summed E-state index contributed by atoms with van der Waals surface area (Å²) >= 11 is 0. The Morgan fingerprint density at radius 1 is 0.630 bits per heavy atom. The number of ether oxygens (including phenoxy) is 2. The van der Waals surface area contributed by atoms with Crippen LogP contribution >= 0.6 is 0 Å². The van der Waals surface area contributed by atoms with E-state index in [1.165, 1.54) is 83.5 Å². The number of esters is 1. The molecule has 0 aromatic rings. The van der Waals surface area contributed by atoms with E-state index in [9.17, 15) is 4.79 Å². The van der Waals surface area contributed by atoms with Gasteiger partial charge in [-0.1, -0.05) is 90.4 Å². The van der Waals surface area contributed by atoms with Crippen molar-refractivity contribution in [3.05, 3.63) is 0 Å². The molecule has 4 nitrogen and oxygen atoms in total. The highest BCUT2D eigenvalue weighted by Crippen LogP contribution is 2.12. The van der Waals surface area contributed by atoms with Crippen LogP contribution in [0.3, 0.4) is 0 Å². The number of likely N-dealkylation sites (N-methyl/N-ethyl adjacent to an activating group) is 1. The number of carbonyl (C=O) groups excluding carboxylic acids is 1. The normalized spacial score (nSPS) is 11.3. The first-order chi connectivity index (χ1) is 13.2. The maximum absolute atomic E-state index is 11.3. The summed E-state index contributed by atoms with van der Waals surface area (Å²) < 4.78 is 10.7. The topological polar surface area (TPSA) is 38.8 Å². The van der Waals surface area contributed by atoms with Gasteiger partial charge in [0, 0.05) is 19.6 Å². The molecule has 0 saturated carbocycles. The van der Waals surface area contributed by atoms with Crippen LogP contribution in [0.15, 0.2) is 0 Å². The lowest BCUT2D eigenvalue weighted by atomic mass is 10.0. The number of unbranched alkanes of at least 4 members (excludes halogenated alkanes) is 13. The van der Waals surface area contributed by atoms with E-state index in [-0.39, 0.29) is 5.97 Å². The predicted molar refractivity (Wildman–Crippen MR) is 115 cm³/mol. The van der Waals surface area contributed by atoms with Gasteiger partial charge in [-0.25, -0.2) is 0 Å². The highest BCUT2D eigenvalue weighted by Gasteiger charge is 2.03. The van der Waals surface area contributed by atoms with Crippen LogP contribution in [-0.2, 0) is 14.3 Å². The molecule has 0 N–H and O–H groups in total. The third-order valence-corrected chi connectivity index (χ3v) is 4.78. The maximum atomic E-state index is 11.3. The fraction of sp³-hybridized carbons (Fsp3) is 0.957. The van der Waals surface area contributed by atoms with Crippen molar-refractivity contribution in [2.45, 2.75) is 103 Å². The van der Waals surface area contributed by atoms with Gasteiger partial charge in [-0.15, -0.1) is 0 Å². The Labute approximate surface area is 169 Å². The van der Waals surface area contributed by atoms with Crippen molar-refractivity contribution in [1.29, 1.82) is 0 Å². The van der Waals surface area contributed by atoms with Crippen molar-refractivity contribution in [1.82, 2.24) is 4.90 Å². The lowest BCUT2D eigenvalue weighted by molar-refractivity contribution is -0.144. The Hall–Kier alpha value is -0.610. The van der Waals surface area contributed by atoms with Gasteiger partial charge in [0.05, 0.1) is 13.2 Å². The molecule has 0 bridgehead atoms. The van der Waals surface area contributed by atoms with Gasteiger partial charge in [-0.05, 0) is 20.5 Å². The Balaban J connectivity index is 3.06. The highest BCUT2D eigenvalue weighted by molar-refractivity contribution is 5.71. The molecule has 0 rings (SSSR count). The number of rotatable bonds is 21. The van der Waals surface area contributed by atoms with E-state index in [0.717, 1.165) is 19.4 Å². The number of hydrogen-bond acceptors (Lipinski definition) is 4. The molecular weight excluding hydrogens is 338 g/mol. The third kappa shape index (κ3) is 23.4. The van der Waals surface area contributed by atoms with Gasteiger partial charge in [0.1, 0.15) is 0 Å². The van der Waals surface area contributed by atoms with Crippen molar-refractivity contribution >= 4 is 5.97 Å². The molecule has 0 aliphatic heterocycles. The molecule has 0 atom stereocenters. The second kappa shape index (κ2) is 21.7. The Kier molecular flexibility index (Phi) is 21.2. The van der Waals surface area contributed by atoms with Crippen LogP contribution in [0.4, 0.5) is 0 Å².